The van der Waals surface area contributed by atoms with Gasteiger partial charge >= 0.3 is 5.97 Å². The van der Waals surface area contributed by atoms with Crippen molar-refractivity contribution in [1.82, 2.24) is 9.97 Å². The number of aryl methyl sites for hydroxylation is 1. The minimum Gasteiger partial charge on any atom is -0.481 e. The lowest BCUT2D eigenvalue weighted by Crippen LogP contribution is -1.99. The zero-order valence-corrected chi connectivity index (χ0v) is 11.6. The van der Waals surface area contributed by atoms with Crippen molar-refractivity contribution >= 4 is 29.1 Å². The van der Waals surface area contributed by atoms with Gasteiger partial charge in [-0.25, -0.2) is 9.97 Å². The Morgan fingerprint density at radius 3 is 2.95 bits per heavy atom. The number of hydrogen-bond acceptors (Lipinski definition) is 6. The second-order valence-electron chi connectivity index (χ2n) is 3.66. The van der Waals surface area contributed by atoms with Gasteiger partial charge < -0.3 is 5.11 Å². The van der Waals surface area contributed by atoms with Crippen LogP contribution in [0.2, 0.25) is 0 Å². The van der Waals surface area contributed by atoms with Crippen molar-refractivity contribution in [3.63, 3.8) is 0 Å². The third-order valence-corrected chi connectivity index (χ3v) is 4.41. The van der Waals surface area contributed by atoms with Crippen molar-refractivity contribution in [3.05, 3.63) is 34.5 Å². The maximum absolute atomic E-state index is 10.7. The van der Waals surface area contributed by atoms with Crippen LogP contribution in [0.5, 0.6) is 0 Å². The van der Waals surface area contributed by atoms with E-state index in [0.29, 0.717) is 5.56 Å². The van der Waals surface area contributed by atoms with Gasteiger partial charge in [0.2, 0.25) is 0 Å². The summed E-state index contributed by atoms with van der Waals surface area (Å²) in [4.78, 5) is 19.9. The predicted octanol–water partition coefficient (Wildman–Crippen LogP) is 2.50. The van der Waals surface area contributed by atoms with Crippen molar-refractivity contribution < 1.29 is 9.90 Å². The molecule has 0 aliphatic rings. The quantitative estimate of drug-likeness (QED) is 0.931. The van der Waals surface area contributed by atoms with E-state index in [2.05, 4.69) is 9.97 Å². The minimum absolute atomic E-state index is 0.00907. The number of rotatable bonds is 4. The Morgan fingerprint density at radius 1 is 1.58 bits per heavy atom. The molecule has 0 unspecified atom stereocenters. The van der Waals surface area contributed by atoms with E-state index in [-0.39, 0.29) is 6.42 Å². The molecule has 0 bridgehead atoms. The molecule has 7 heteroatoms. The Labute approximate surface area is 117 Å². The Balaban J connectivity index is 2.14. The third kappa shape index (κ3) is 3.53. The largest absolute Gasteiger partial charge is 0.481 e. The highest BCUT2D eigenvalue weighted by atomic mass is 32.2. The van der Waals surface area contributed by atoms with Crippen molar-refractivity contribution in [3.8, 4) is 6.07 Å². The number of nitriles is 1. The molecule has 0 atom stereocenters. The highest BCUT2D eigenvalue weighted by molar-refractivity contribution is 8.01. The molecule has 2 aromatic heterocycles. The van der Waals surface area contributed by atoms with Crippen LogP contribution in [0.1, 0.15) is 16.1 Å². The van der Waals surface area contributed by atoms with Crippen LogP contribution in [0.4, 0.5) is 0 Å². The summed E-state index contributed by atoms with van der Waals surface area (Å²) in [7, 11) is 0. The summed E-state index contributed by atoms with van der Waals surface area (Å²) >= 11 is 2.72. The number of carbonyl (C=O) groups is 1. The van der Waals surface area contributed by atoms with Gasteiger partial charge in [0, 0.05) is 11.1 Å². The molecule has 2 rings (SSSR count). The van der Waals surface area contributed by atoms with E-state index in [1.807, 2.05) is 6.07 Å². The van der Waals surface area contributed by atoms with Crippen LogP contribution in [0.25, 0.3) is 0 Å². The first-order valence-electron chi connectivity index (χ1n) is 5.30. The molecule has 2 aromatic rings. The van der Waals surface area contributed by atoms with E-state index >= 15 is 0 Å². The lowest BCUT2D eigenvalue weighted by molar-refractivity contribution is -0.136. The highest BCUT2D eigenvalue weighted by Gasteiger charge is 2.12. The maximum Gasteiger partial charge on any atom is 0.308 e. The van der Waals surface area contributed by atoms with E-state index < -0.39 is 5.97 Å². The van der Waals surface area contributed by atoms with E-state index in [1.54, 1.807) is 19.1 Å². The van der Waals surface area contributed by atoms with E-state index in [1.165, 1.54) is 29.3 Å². The van der Waals surface area contributed by atoms with Gasteiger partial charge in [0.1, 0.15) is 11.1 Å². The summed E-state index contributed by atoms with van der Waals surface area (Å²) in [5.74, 6) is -0.861. The molecule has 0 amide bonds. The maximum atomic E-state index is 10.7. The van der Waals surface area contributed by atoms with Crippen LogP contribution in [0.3, 0.4) is 0 Å². The summed E-state index contributed by atoms with van der Waals surface area (Å²) in [5.41, 5.74) is 1.25. The molecule has 0 radical (unpaired) electrons. The lowest BCUT2D eigenvalue weighted by atomic mass is 10.3. The molecule has 0 aliphatic carbocycles. The summed E-state index contributed by atoms with van der Waals surface area (Å²) in [6.45, 7) is 1.80. The topological polar surface area (TPSA) is 86.9 Å². The first-order valence-corrected chi connectivity index (χ1v) is 6.94. The Kier molecular flexibility index (Phi) is 4.14. The molecule has 1 N–H and O–H groups in total. The average Bonchev–Trinajstić information content (AvgIpc) is 2.70. The molecule has 0 spiro atoms. The van der Waals surface area contributed by atoms with Crippen LogP contribution >= 0.6 is 23.1 Å². The molecule has 0 aliphatic heterocycles. The molecule has 19 heavy (non-hydrogen) atoms. The Hall–Kier alpha value is -1.91. The number of carboxylic acid groups (broad SMARTS) is 1. The van der Waals surface area contributed by atoms with Crippen molar-refractivity contribution in [2.24, 2.45) is 0 Å². The number of nitrogens with zero attached hydrogens (tertiary/aromatic N) is 3. The van der Waals surface area contributed by atoms with Crippen LogP contribution in [-0.2, 0) is 11.2 Å². The van der Waals surface area contributed by atoms with Crippen molar-refractivity contribution in [2.75, 3.05) is 0 Å². The fourth-order valence-electron chi connectivity index (χ4n) is 1.34. The smallest absolute Gasteiger partial charge is 0.308 e. The fourth-order valence-corrected chi connectivity index (χ4v) is 3.45. The molecule has 5 nitrogen and oxygen atoms in total. The molecule has 96 valence electrons. The second-order valence-corrected chi connectivity index (χ2v) is 6.01. The number of hydrogen-bond donors (Lipinski definition) is 1. The first-order chi connectivity index (χ1) is 9.08. The van der Waals surface area contributed by atoms with Gasteiger partial charge in [0.05, 0.1) is 17.7 Å². The van der Waals surface area contributed by atoms with E-state index in [9.17, 15) is 4.79 Å². The van der Waals surface area contributed by atoms with Gasteiger partial charge in [0.15, 0.2) is 4.34 Å². The monoisotopic (exact) mass is 291 g/mol. The number of carboxylic acids is 1. The molecular weight excluding hydrogens is 282 g/mol. The van der Waals surface area contributed by atoms with Gasteiger partial charge in [-0.1, -0.05) is 0 Å². The highest BCUT2D eigenvalue weighted by Crippen LogP contribution is 2.32. The molecule has 0 fully saturated rings. The molecule has 0 aromatic carbocycles. The van der Waals surface area contributed by atoms with E-state index in [0.717, 1.165) is 19.9 Å². The van der Waals surface area contributed by atoms with Crippen LogP contribution in [0, 0.1) is 18.3 Å². The van der Waals surface area contributed by atoms with Crippen LogP contribution in [0.15, 0.2) is 27.7 Å². The SMILES string of the molecule is Cc1nc(Sc2ccc(C#N)cn2)sc1CC(=O)O. The molecular formula is C12H9N3O2S2. The first kappa shape index (κ1) is 13.5. The van der Waals surface area contributed by atoms with Crippen molar-refractivity contribution in [1.29, 1.82) is 5.26 Å². The molecule has 0 saturated heterocycles. The number of thiazole rings is 1. The Morgan fingerprint density at radius 2 is 2.37 bits per heavy atom. The van der Waals surface area contributed by atoms with Gasteiger partial charge in [-0.05, 0) is 30.8 Å². The summed E-state index contributed by atoms with van der Waals surface area (Å²) in [6.07, 6.45) is 1.49. The average molecular weight is 291 g/mol. The van der Waals surface area contributed by atoms with Gasteiger partial charge in [-0.15, -0.1) is 11.3 Å². The summed E-state index contributed by atoms with van der Waals surface area (Å²) in [5, 5.41) is 18.2. The van der Waals surface area contributed by atoms with Gasteiger partial charge in [-0.2, -0.15) is 5.26 Å². The fraction of sp³-hybridized carbons (Fsp3) is 0.167. The second kappa shape index (κ2) is 5.82. The Bertz CT molecular complexity index is 644. The van der Waals surface area contributed by atoms with Crippen molar-refractivity contribution in [2.45, 2.75) is 22.7 Å². The van der Waals surface area contributed by atoms with Gasteiger partial charge in [-0.3, -0.25) is 4.79 Å². The molecule has 0 saturated carbocycles. The predicted molar refractivity (Wildman–Crippen MR) is 71.3 cm³/mol. The number of aliphatic carboxylic acids is 1. The van der Waals surface area contributed by atoms with Crippen LogP contribution < -0.4 is 0 Å². The summed E-state index contributed by atoms with van der Waals surface area (Å²) < 4.78 is 0.756. The minimum atomic E-state index is -0.861. The number of pyridine rings is 1. The zero-order valence-electron chi connectivity index (χ0n) is 9.95. The van der Waals surface area contributed by atoms with Crippen LogP contribution in [-0.4, -0.2) is 21.0 Å². The third-order valence-electron chi connectivity index (χ3n) is 2.24. The summed E-state index contributed by atoms with van der Waals surface area (Å²) in [6, 6.07) is 5.44. The molecule has 2 heterocycles. The zero-order chi connectivity index (χ0) is 13.8. The lowest BCUT2D eigenvalue weighted by Gasteiger charge is -1.95. The van der Waals surface area contributed by atoms with Gasteiger partial charge in [0.25, 0.3) is 0 Å². The van der Waals surface area contributed by atoms with E-state index in [4.69, 9.17) is 10.4 Å². The normalized spacial score (nSPS) is 10.1. The standard InChI is InChI=1S/C12H9N3O2S2/c1-7-9(4-11(16)17)18-12(15-7)19-10-3-2-8(5-13)6-14-10/h2-3,6H,4H2,1H3,(H,16,17). The number of aromatic nitrogens is 2.